The third-order valence-electron chi connectivity index (χ3n) is 7.39. The molecule has 0 spiro atoms. The van der Waals surface area contributed by atoms with Gasteiger partial charge in [-0.3, -0.25) is 9.59 Å². The number of rotatable bonds is 6. The average Bonchev–Trinajstić information content (AvgIpc) is 2.69. The molecule has 0 unspecified atom stereocenters. The minimum Gasteiger partial charge on any atom is -0.497 e. The monoisotopic (exact) mass is 443 g/mol. The number of aromatic nitrogens is 2. The third-order valence-corrected chi connectivity index (χ3v) is 7.76. The van der Waals surface area contributed by atoms with E-state index in [2.05, 4.69) is 10.4 Å². The fraction of sp³-hybridized carbons (Fsp3) is 0.522. The normalized spacial score (nSPS) is 30.9. The van der Waals surface area contributed by atoms with E-state index in [0.717, 1.165) is 37.8 Å². The predicted octanol–water partition coefficient (Wildman–Crippen LogP) is 4.42. The molecule has 164 valence electrons. The van der Waals surface area contributed by atoms with Gasteiger partial charge < -0.3 is 15.2 Å². The van der Waals surface area contributed by atoms with E-state index in [4.69, 9.17) is 16.3 Å². The second-order valence-corrected chi connectivity index (χ2v) is 10.1. The van der Waals surface area contributed by atoms with Crippen LogP contribution in [0.3, 0.4) is 0 Å². The molecule has 4 saturated carbocycles. The minimum absolute atomic E-state index is 0.0980. The second kappa shape index (κ2) is 7.26. The molecule has 31 heavy (non-hydrogen) atoms. The molecule has 4 aliphatic carbocycles. The Labute approximate surface area is 185 Å². The lowest BCUT2D eigenvalue weighted by atomic mass is 9.46. The van der Waals surface area contributed by atoms with Crippen LogP contribution >= 0.6 is 11.6 Å². The number of ether oxygens (including phenoxy) is 1. The van der Waals surface area contributed by atoms with Gasteiger partial charge in [-0.05, 0) is 67.9 Å². The van der Waals surface area contributed by atoms with Crippen molar-refractivity contribution in [2.45, 2.75) is 50.5 Å². The Hall–Kier alpha value is -2.54. The number of methoxy groups -OCH3 is 1. The van der Waals surface area contributed by atoms with Crippen LogP contribution in [-0.4, -0.2) is 28.0 Å². The van der Waals surface area contributed by atoms with Crippen LogP contribution in [-0.2, 0) is 10.3 Å². The molecule has 2 atom stereocenters. The number of hydrogen-bond acceptors (Lipinski definition) is 5. The van der Waals surface area contributed by atoms with Gasteiger partial charge >= 0.3 is 5.97 Å². The largest absolute Gasteiger partial charge is 0.497 e. The standard InChI is InChI=1S/C23H26ClN3O4/c1-31-17-4-2-3-16(6-17)26-18-12-25-27(21(30)20(18)24)23-9-14-5-15(10-23)8-22(7-14,13-23)11-19(28)29/h2-4,6,12,14-15,26H,5,7-11,13H2,1H3,(H,28,29)/t14-,15-,22?,23?/m0/s1. The topological polar surface area (TPSA) is 93.4 Å². The van der Waals surface area contributed by atoms with Gasteiger partial charge in [-0.1, -0.05) is 17.7 Å². The molecule has 2 N–H and O–H groups in total. The highest BCUT2D eigenvalue weighted by Crippen LogP contribution is 2.65. The van der Waals surface area contributed by atoms with Crippen molar-refractivity contribution in [1.82, 2.24) is 9.78 Å². The first kappa shape index (κ1) is 20.4. The van der Waals surface area contributed by atoms with Crippen LogP contribution in [0.2, 0.25) is 5.02 Å². The highest BCUT2D eigenvalue weighted by atomic mass is 35.5. The number of carboxylic acid groups (broad SMARTS) is 1. The number of anilines is 2. The highest BCUT2D eigenvalue weighted by Gasteiger charge is 2.59. The summed E-state index contributed by atoms with van der Waals surface area (Å²) >= 11 is 6.52. The van der Waals surface area contributed by atoms with E-state index in [1.54, 1.807) is 18.0 Å². The van der Waals surface area contributed by atoms with Gasteiger partial charge in [-0.15, -0.1) is 0 Å². The van der Waals surface area contributed by atoms with Gasteiger partial charge in [-0.25, -0.2) is 4.68 Å². The Morgan fingerprint density at radius 2 is 2.06 bits per heavy atom. The smallest absolute Gasteiger partial charge is 0.303 e. The number of nitrogens with one attached hydrogen (secondary N) is 1. The number of hydrogen-bond donors (Lipinski definition) is 2. The van der Waals surface area contributed by atoms with Crippen LogP contribution in [0.5, 0.6) is 5.75 Å². The summed E-state index contributed by atoms with van der Waals surface area (Å²) in [6.07, 6.45) is 7.20. The van der Waals surface area contributed by atoms with Gasteiger partial charge in [0.05, 0.1) is 31.0 Å². The van der Waals surface area contributed by atoms with Crippen molar-refractivity contribution in [2.24, 2.45) is 17.3 Å². The van der Waals surface area contributed by atoms with Crippen LogP contribution < -0.4 is 15.6 Å². The molecule has 4 fully saturated rings. The molecular formula is C23H26ClN3O4. The molecule has 2 aromatic rings. The fourth-order valence-electron chi connectivity index (χ4n) is 6.89. The summed E-state index contributed by atoms with van der Waals surface area (Å²) in [7, 11) is 1.59. The Bertz CT molecular complexity index is 1080. The van der Waals surface area contributed by atoms with Gasteiger partial charge in [0, 0.05) is 11.8 Å². The maximum absolute atomic E-state index is 13.3. The molecule has 1 aromatic carbocycles. The lowest BCUT2D eigenvalue weighted by molar-refractivity contribution is -0.151. The lowest BCUT2D eigenvalue weighted by Crippen LogP contribution is -2.59. The fourth-order valence-corrected chi connectivity index (χ4v) is 7.07. The van der Waals surface area contributed by atoms with E-state index in [1.807, 2.05) is 24.3 Å². The Balaban J connectivity index is 1.49. The first-order valence-electron chi connectivity index (χ1n) is 10.7. The first-order chi connectivity index (χ1) is 14.8. The molecule has 4 bridgehead atoms. The van der Waals surface area contributed by atoms with Gasteiger partial charge in [-0.2, -0.15) is 5.10 Å². The van der Waals surface area contributed by atoms with E-state index in [1.165, 1.54) is 0 Å². The predicted molar refractivity (Wildman–Crippen MR) is 117 cm³/mol. The summed E-state index contributed by atoms with van der Waals surface area (Å²) in [5.41, 5.74) is 0.203. The highest BCUT2D eigenvalue weighted by molar-refractivity contribution is 6.33. The number of nitrogens with zero attached hydrogens (tertiary/aromatic N) is 2. The molecule has 0 saturated heterocycles. The summed E-state index contributed by atoms with van der Waals surface area (Å²) in [5.74, 6) is 0.832. The van der Waals surface area contributed by atoms with Gasteiger partial charge in [0.15, 0.2) is 0 Å². The van der Waals surface area contributed by atoms with Crippen molar-refractivity contribution in [1.29, 1.82) is 0 Å². The van der Waals surface area contributed by atoms with Crippen molar-refractivity contribution in [3.63, 3.8) is 0 Å². The van der Waals surface area contributed by atoms with Crippen LogP contribution in [0.25, 0.3) is 0 Å². The molecule has 7 nitrogen and oxygen atoms in total. The van der Waals surface area contributed by atoms with Crippen molar-refractivity contribution in [3.05, 3.63) is 45.8 Å². The van der Waals surface area contributed by atoms with E-state index in [-0.39, 0.29) is 22.4 Å². The maximum Gasteiger partial charge on any atom is 0.303 e. The third kappa shape index (κ3) is 3.49. The second-order valence-electron chi connectivity index (χ2n) is 9.70. The van der Waals surface area contributed by atoms with Crippen LogP contribution in [0.15, 0.2) is 35.3 Å². The van der Waals surface area contributed by atoms with E-state index < -0.39 is 11.5 Å². The van der Waals surface area contributed by atoms with Crippen molar-refractivity contribution < 1.29 is 14.6 Å². The Morgan fingerprint density at radius 1 is 1.32 bits per heavy atom. The van der Waals surface area contributed by atoms with E-state index in [9.17, 15) is 14.7 Å². The first-order valence-corrected chi connectivity index (χ1v) is 11.1. The van der Waals surface area contributed by atoms with Gasteiger partial charge in [0.25, 0.3) is 5.56 Å². The number of carbonyl (C=O) groups is 1. The zero-order chi connectivity index (χ0) is 21.8. The molecule has 0 radical (unpaired) electrons. The maximum atomic E-state index is 13.3. The molecule has 0 aliphatic heterocycles. The molecular weight excluding hydrogens is 418 g/mol. The Kier molecular flexibility index (Phi) is 4.77. The minimum atomic E-state index is -0.756. The van der Waals surface area contributed by atoms with Crippen molar-refractivity contribution in [3.8, 4) is 5.75 Å². The van der Waals surface area contributed by atoms with Crippen molar-refractivity contribution >= 4 is 28.9 Å². The van der Waals surface area contributed by atoms with Crippen LogP contribution in [0.4, 0.5) is 11.4 Å². The van der Waals surface area contributed by atoms with Gasteiger partial charge in [0.2, 0.25) is 0 Å². The van der Waals surface area contributed by atoms with Gasteiger partial charge in [0.1, 0.15) is 10.8 Å². The summed E-state index contributed by atoms with van der Waals surface area (Å²) < 4.78 is 6.81. The summed E-state index contributed by atoms with van der Waals surface area (Å²) in [6.45, 7) is 0. The SMILES string of the molecule is COc1cccc(Nc2cnn(C34C[C@H]5C[C@@H](CC(CC(=O)O)(C5)C3)C4)c(=O)c2Cl)c1. The molecule has 0 amide bonds. The summed E-state index contributed by atoms with van der Waals surface area (Å²) in [5, 5.41) is 17.3. The lowest BCUT2D eigenvalue weighted by Gasteiger charge is -2.61. The zero-order valence-corrected chi connectivity index (χ0v) is 18.2. The number of aliphatic carboxylic acids is 1. The summed E-state index contributed by atoms with van der Waals surface area (Å²) in [4.78, 5) is 24.9. The number of carboxylic acids is 1. The molecule has 4 aliphatic rings. The molecule has 8 heteroatoms. The summed E-state index contributed by atoms with van der Waals surface area (Å²) in [6, 6.07) is 7.36. The van der Waals surface area contributed by atoms with E-state index >= 15 is 0 Å². The van der Waals surface area contributed by atoms with E-state index in [0.29, 0.717) is 29.7 Å². The van der Waals surface area contributed by atoms with Crippen LogP contribution in [0, 0.1) is 17.3 Å². The average molecular weight is 444 g/mol. The molecule has 1 heterocycles. The quantitative estimate of drug-likeness (QED) is 0.686. The van der Waals surface area contributed by atoms with Crippen LogP contribution in [0.1, 0.15) is 44.9 Å². The number of halogens is 1. The number of benzene rings is 1. The van der Waals surface area contributed by atoms with Crippen molar-refractivity contribution in [2.75, 3.05) is 12.4 Å². The Morgan fingerprint density at radius 3 is 2.74 bits per heavy atom. The zero-order valence-electron chi connectivity index (χ0n) is 17.4. The molecule has 6 rings (SSSR count). The molecule has 1 aromatic heterocycles.